The zero-order valence-corrected chi connectivity index (χ0v) is 23.2. The van der Waals surface area contributed by atoms with Crippen LogP contribution in [-0.4, -0.2) is 68.7 Å². The number of fused-ring (bicyclic) bond motifs is 2. The standard InChI is InChI=1S/C28H38N4O5S/c1-4-38(35,36)32-20-28(22-12-8-9-13-24(22)32)14-16-31(17-15-28)25(33)23(30-26(34)27(2,3)29)19-37-18-21-10-6-5-7-11-21/h5-13,23H,4,14-20,29H2,1-3H3,(H,30,34)/t23-/m1/s1. The van der Waals surface area contributed by atoms with E-state index in [0.29, 0.717) is 39.1 Å². The van der Waals surface area contributed by atoms with Gasteiger partial charge in [0.05, 0.1) is 30.2 Å². The zero-order chi connectivity index (χ0) is 27.6. The largest absolute Gasteiger partial charge is 0.374 e. The molecule has 206 valence electrons. The van der Waals surface area contributed by atoms with Gasteiger partial charge in [0.1, 0.15) is 6.04 Å². The minimum atomic E-state index is -3.41. The van der Waals surface area contributed by atoms with E-state index >= 15 is 0 Å². The van der Waals surface area contributed by atoms with Crippen LogP contribution in [0.1, 0.15) is 44.7 Å². The number of amides is 2. The molecule has 0 bridgehead atoms. The molecule has 4 rings (SSSR count). The van der Waals surface area contributed by atoms with Crippen molar-refractivity contribution in [2.24, 2.45) is 5.73 Å². The predicted molar refractivity (Wildman–Crippen MR) is 147 cm³/mol. The van der Waals surface area contributed by atoms with E-state index in [1.807, 2.05) is 54.6 Å². The van der Waals surface area contributed by atoms with Crippen molar-refractivity contribution in [1.29, 1.82) is 0 Å². The molecule has 2 amide bonds. The van der Waals surface area contributed by atoms with Gasteiger partial charge in [-0.15, -0.1) is 0 Å². The molecule has 9 nitrogen and oxygen atoms in total. The quantitative estimate of drug-likeness (QED) is 0.501. The summed E-state index contributed by atoms with van der Waals surface area (Å²) in [5, 5.41) is 2.78. The minimum Gasteiger partial charge on any atom is -0.374 e. The summed E-state index contributed by atoms with van der Waals surface area (Å²) in [6.45, 7) is 6.44. The number of nitrogens with two attached hydrogens (primary N) is 1. The van der Waals surface area contributed by atoms with Crippen molar-refractivity contribution < 1.29 is 22.7 Å². The molecule has 38 heavy (non-hydrogen) atoms. The fraction of sp³-hybridized carbons (Fsp3) is 0.500. The summed E-state index contributed by atoms with van der Waals surface area (Å²) >= 11 is 0. The highest BCUT2D eigenvalue weighted by Crippen LogP contribution is 2.48. The van der Waals surface area contributed by atoms with Gasteiger partial charge in [-0.1, -0.05) is 48.5 Å². The first-order chi connectivity index (χ1) is 18.0. The number of anilines is 1. The molecule has 1 fully saturated rings. The second-order valence-electron chi connectivity index (χ2n) is 10.8. The van der Waals surface area contributed by atoms with E-state index in [1.54, 1.807) is 25.7 Å². The number of para-hydroxylation sites is 1. The lowest BCUT2D eigenvalue weighted by molar-refractivity contribution is -0.140. The lowest BCUT2D eigenvalue weighted by Gasteiger charge is -2.41. The molecule has 0 aliphatic carbocycles. The van der Waals surface area contributed by atoms with Crippen LogP contribution in [-0.2, 0) is 36.4 Å². The van der Waals surface area contributed by atoms with Crippen molar-refractivity contribution in [3.63, 3.8) is 0 Å². The van der Waals surface area contributed by atoms with Gasteiger partial charge in [-0.05, 0) is 50.8 Å². The maximum absolute atomic E-state index is 13.6. The normalized spacial score (nSPS) is 17.8. The highest BCUT2D eigenvalue weighted by molar-refractivity contribution is 7.92. The van der Waals surface area contributed by atoms with Crippen LogP contribution in [0, 0.1) is 0 Å². The number of carbonyl (C=O) groups is 2. The number of piperidine rings is 1. The predicted octanol–water partition coefficient (Wildman–Crippen LogP) is 2.16. The highest BCUT2D eigenvalue weighted by atomic mass is 32.2. The molecular formula is C28H38N4O5S. The molecule has 2 heterocycles. The van der Waals surface area contributed by atoms with Gasteiger partial charge in [0.15, 0.2) is 0 Å². The Morgan fingerprint density at radius 3 is 2.34 bits per heavy atom. The number of carbonyl (C=O) groups excluding carboxylic acids is 2. The maximum atomic E-state index is 13.6. The van der Waals surface area contributed by atoms with E-state index in [9.17, 15) is 18.0 Å². The number of sulfonamides is 1. The van der Waals surface area contributed by atoms with Crippen LogP contribution in [0.5, 0.6) is 0 Å². The van der Waals surface area contributed by atoms with Gasteiger partial charge in [-0.25, -0.2) is 8.42 Å². The number of nitrogens with one attached hydrogen (secondary N) is 1. The van der Waals surface area contributed by atoms with E-state index in [-0.39, 0.29) is 23.7 Å². The third kappa shape index (κ3) is 5.87. The molecule has 2 aromatic carbocycles. The van der Waals surface area contributed by atoms with Crippen molar-refractivity contribution in [2.45, 2.75) is 57.2 Å². The van der Waals surface area contributed by atoms with Gasteiger partial charge in [-0.3, -0.25) is 13.9 Å². The van der Waals surface area contributed by atoms with Gasteiger partial charge >= 0.3 is 0 Å². The second kappa shape index (κ2) is 11.0. The first-order valence-electron chi connectivity index (χ1n) is 13.1. The molecule has 2 aliphatic heterocycles. The molecular weight excluding hydrogens is 504 g/mol. The number of ether oxygens (including phenoxy) is 1. The summed E-state index contributed by atoms with van der Waals surface area (Å²) in [6.07, 6.45) is 1.25. The Labute approximate surface area is 225 Å². The average molecular weight is 543 g/mol. The third-order valence-electron chi connectivity index (χ3n) is 7.51. The van der Waals surface area contributed by atoms with E-state index in [0.717, 1.165) is 16.8 Å². The molecule has 1 atom stereocenters. The lowest BCUT2D eigenvalue weighted by Crippen LogP contribution is -2.59. The Kier molecular flexibility index (Phi) is 8.15. The number of benzene rings is 2. The summed E-state index contributed by atoms with van der Waals surface area (Å²) in [6, 6.07) is 16.4. The topological polar surface area (TPSA) is 122 Å². The molecule has 1 spiro atoms. The summed E-state index contributed by atoms with van der Waals surface area (Å²) in [4.78, 5) is 28.0. The summed E-state index contributed by atoms with van der Waals surface area (Å²) in [5.74, 6) is -0.628. The first-order valence-corrected chi connectivity index (χ1v) is 14.7. The van der Waals surface area contributed by atoms with Crippen molar-refractivity contribution in [3.05, 3.63) is 65.7 Å². The van der Waals surface area contributed by atoms with Gasteiger partial charge in [0.2, 0.25) is 21.8 Å². The van der Waals surface area contributed by atoms with Crippen molar-refractivity contribution in [3.8, 4) is 0 Å². The number of hydrogen-bond acceptors (Lipinski definition) is 6. The summed E-state index contributed by atoms with van der Waals surface area (Å²) in [5.41, 5.74) is 7.20. The smallest absolute Gasteiger partial charge is 0.247 e. The van der Waals surface area contributed by atoms with Crippen molar-refractivity contribution in [2.75, 3.05) is 36.3 Å². The van der Waals surface area contributed by atoms with E-state index < -0.39 is 27.5 Å². The Balaban J connectivity index is 1.47. The highest BCUT2D eigenvalue weighted by Gasteiger charge is 2.48. The fourth-order valence-electron chi connectivity index (χ4n) is 5.18. The number of rotatable bonds is 9. The number of likely N-dealkylation sites (tertiary alicyclic amines) is 1. The maximum Gasteiger partial charge on any atom is 0.247 e. The first kappa shape index (κ1) is 28.1. The number of hydrogen-bond donors (Lipinski definition) is 2. The van der Waals surface area contributed by atoms with Crippen LogP contribution in [0.3, 0.4) is 0 Å². The van der Waals surface area contributed by atoms with Gasteiger partial charge < -0.3 is 20.7 Å². The second-order valence-corrected chi connectivity index (χ2v) is 13.0. The monoisotopic (exact) mass is 542 g/mol. The molecule has 0 radical (unpaired) electrons. The third-order valence-corrected chi connectivity index (χ3v) is 9.23. The zero-order valence-electron chi connectivity index (χ0n) is 22.4. The van der Waals surface area contributed by atoms with Gasteiger partial charge in [-0.2, -0.15) is 0 Å². The molecule has 2 aromatic rings. The Bertz CT molecular complexity index is 1250. The van der Waals surface area contributed by atoms with Crippen LogP contribution < -0.4 is 15.4 Å². The summed E-state index contributed by atoms with van der Waals surface area (Å²) < 4.78 is 33.0. The average Bonchev–Trinajstić information content (AvgIpc) is 3.23. The molecule has 3 N–H and O–H groups in total. The molecule has 1 saturated heterocycles. The van der Waals surface area contributed by atoms with E-state index in [1.165, 1.54) is 4.31 Å². The number of nitrogens with zero attached hydrogens (tertiary/aromatic N) is 2. The van der Waals surface area contributed by atoms with Crippen molar-refractivity contribution >= 4 is 27.5 Å². The van der Waals surface area contributed by atoms with Crippen molar-refractivity contribution in [1.82, 2.24) is 10.2 Å². The Morgan fingerprint density at radius 2 is 1.71 bits per heavy atom. The van der Waals surface area contributed by atoms with Gasteiger partial charge in [0.25, 0.3) is 0 Å². The van der Waals surface area contributed by atoms with E-state index in [2.05, 4.69) is 5.32 Å². The molecule has 0 unspecified atom stereocenters. The van der Waals surface area contributed by atoms with Crippen LogP contribution in [0.4, 0.5) is 5.69 Å². The van der Waals surface area contributed by atoms with Gasteiger partial charge in [0, 0.05) is 25.0 Å². The van der Waals surface area contributed by atoms with Crippen LogP contribution >= 0.6 is 0 Å². The minimum absolute atomic E-state index is 0.0164. The molecule has 10 heteroatoms. The van der Waals surface area contributed by atoms with Crippen LogP contribution in [0.2, 0.25) is 0 Å². The SMILES string of the molecule is CCS(=O)(=O)N1CC2(CCN(C(=O)[C@@H](COCc3ccccc3)NC(=O)C(C)(C)N)CC2)c2ccccc21. The van der Waals surface area contributed by atoms with Crippen LogP contribution in [0.15, 0.2) is 54.6 Å². The van der Waals surface area contributed by atoms with Crippen LogP contribution in [0.25, 0.3) is 0 Å². The van der Waals surface area contributed by atoms with E-state index in [4.69, 9.17) is 10.5 Å². The molecule has 0 aromatic heterocycles. The Morgan fingerprint density at radius 1 is 1.08 bits per heavy atom. The Hall–Kier alpha value is -2.95. The fourth-order valence-corrected chi connectivity index (χ4v) is 6.39. The lowest BCUT2D eigenvalue weighted by atomic mass is 9.74. The molecule has 0 saturated carbocycles. The summed E-state index contributed by atoms with van der Waals surface area (Å²) in [7, 11) is -3.41. The molecule has 2 aliphatic rings.